The van der Waals surface area contributed by atoms with Gasteiger partial charge in [0, 0.05) is 5.56 Å². The lowest BCUT2D eigenvalue weighted by atomic mass is 10.1. The Bertz CT molecular complexity index is 736. The zero-order valence-corrected chi connectivity index (χ0v) is 13.7. The molecule has 0 atom stereocenters. The molecule has 4 nitrogen and oxygen atoms in total. The summed E-state index contributed by atoms with van der Waals surface area (Å²) < 4.78 is 42.9. The molecule has 0 aliphatic carbocycles. The Balaban J connectivity index is 1.94. The van der Waals surface area contributed by atoms with Crippen LogP contribution in [0.2, 0.25) is 0 Å². The summed E-state index contributed by atoms with van der Waals surface area (Å²) in [6.45, 7) is 3.80. The molecule has 2 aromatic rings. The molecule has 0 spiro atoms. The third kappa shape index (κ3) is 5.63. The average Bonchev–Trinajstić information content (AvgIpc) is 2.54. The van der Waals surface area contributed by atoms with Gasteiger partial charge in [0.25, 0.3) is 5.91 Å². The first-order valence-electron chi connectivity index (χ1n) is 7.53. The van der Waals surface area contributed by atoms with Crippen molar-refractivity contribution in [1.29, 1.82) is 0 Å². The Kier molecular flexibility index (Phi) is 5.80. The number of rotatable bonds is 5. The second-order valence-corrected chi connectivity index (χ2v) is 5.51. The second-order valence-electron chi connectivity index (χ2n) is 5.51. The molecule has 132 valence electrons. The van der Waals surface area contributed by atoms with Crippen molar-refractivity contribution in [3.8, 4) is 5.75 Å². The molecule has 0 bridgehead atoms. The molecule has 0 aliphatic rings. The molecule has 0 saturated carbocycles. The third-order valence-electron chi connectivity index (χ3n) is 3.11. The molecule has 2 rings (SSSR count). The SMILES string of the molecule is CC(C)Oc1ccc(C(=O)N/N=C\c2ccc(C(F)(F)F)cc2)cc1. The molecule has 2 aromatic carbocycles. The number of hydrogen-bond donors (Lipinski definition) is 1. The van der Waals surface area contributed by atoms with Gasteiger partial charge in [-0.3, -0.25) is 4.79 Å². The largest absolute Gasteiger partial charge is 0.491 e. The summed E-state index contributed by atoms with van der Waals surface area (Å²) in [7, 11) is 0. The molecule has 0 aliphatic heterocycles. The highest BCUT2D eigenvalue weighted by atomic mass is 19.4. The minimum absolute atomic E-state index is 0.0352. The fraction of sp³-hybridized carbons (Fsp3) is 0.222. The molecule has 0 heterocycles. The van der Waals surface area contributed by atoms with Crippen LogP contribution in [-0.2, 0) is 6.18 Å². The van der Waals surface area contributed by atoms with E-state index in [1.165, 1.54) is 18.3 Å². The zero-order valence-electron chi connectivity index (χ0n) is 13.7. The first-order valence-corrected chi connectivity index (χ1v) is 7.53. The standard InChI is InChI=1S/C18H17F3N2O2/c1-12(2)25-16-9-5-14(6-10-16)17(24)23-22-11-13-3-7-15(8-4-13)18(19,20)21/h3-12H,1-2H3,(H,23,24)/b22-11-. The van der Waals surface area contributed by atoms with Crippen molar-refractivity contribution >= 4 is 12.1 Å². The predicted octanol–water partition coefficient (Wildman–Crippen LogP) is 4.26. The summed E-state index contributed by atoms with van der Waals surface area (Å²) in [6.07, 6.45) is -3.07. The number of ether oxygens (including phenoxy) is 1. The molecule has 0 aromatic heterocycles. The molecular formula is C18H17F3N2O2. The number of amides is 1. The van der Waals surface area contributed by atoms with Gasteiger partial charge in [0.1, 0.15) is 5.75 Å². The van der Waals surface area contributed by atoms with Gasteiger partial charge in [-0.05, 0) is 55.8 Å². The van der Waals surface area contributed by atoms with E-state index < -0.39 is 17.6 Å². The average molecular weight is 350 g/mol. The molecule has 0 fully saturated rings. The van der Waals surface area contributed by atoms with Crippen LogP contribution in [0.4, 0.5) is 13.2 Å². The van der Waals surface area contributed by atoms with Crippen molar-refractivity contribution in [2.45, 2.75) is 26.1 Å². The first-order chi connectivity index (χ1) is 11.8. The minimum Gasteiger partial charge on any atom is -0.491 e. The fourth-order valence-corrected chi connectivity index (χ4v) is 1.95. The monoisotopic (exact) mass is 350 g/mol. The summed E-state index contributed by atoms with van der Waals surface area (Å²) in [5.41, 5.74) is 2.41. The van der Waals surface area contributed by atoms with Crippen LogP contribution < -0.4 is 10.2 Å². The van der Waals surface area contributed by atoms with Crippen LogP contribution in [0.15, 0.2) is 53.6 Å². The summed E-state index contributed by atoms with van der Waals surface area (Å²) in [6, 6.07) is 11.0. The lowest BCUT2D eigenvalue weighted by Gasteiger charge is -2.09. The summed E-state index contributed by atoms with van der Waals surface area (Å²) in [5.74, 6) is 0.221. The normalized spacial score (nSPS) is 11.8. The van der Waals surface area contributed by atoms with E-state index in [2.05, 4.69) is 10.5 Å². The molecule has 0 unspecified atom stereocenters. The van der Waals surface area contributed by atoms with Crippen LogP contribution in [0.25, 0.3) is 0 Å². The Morgan fingerprint density at radius 2 is 1.68 bits per heavy atom. The number of nitrogens with zero attached hydrogens (tertiary/aromatic N) is 1. The van der Waals surface area contributed by atoms with Crippen molar-refractivity contribution in [3.63, 3.8) is 0 Å². The quantitative estimate of drug-likeness (QED) is 0.647. The van der Waals surface area contributed by atoms with E-state index in [0.29, 0.717) is 16.9 Å². The smallest absolute Gasteiger partial charge is 0.416 e. The number of nitrogens with one attached hydrogen (secondary N) is 1. The van der Waals surface area contributed by atoms with Gasteiger partial charge in [0.05, 0.1) is 17.9 Å². The summed E-state index contributed by atoms with van der Waals surface area (Å²) >= 11 is 0. The van der Waals surface area contributed by atoms with Crippen molar-refractivity contribution in [3.05, 3.63) is 65.2 Å². The van der Waals surface area contributed by atoms with Gasteiger partial charge in [-0.1, -0.05) is 12.1 Å². The van der Waals surface area contributed by atoms with E-state index in [9.17, 15) is 18.0 Å². The first kappa shape index (κ1) is 18.5. The van der Waals surface area contributed by atoms with Crippen molar-refractivity contribution in [2.75, 3.05) is 0 Å². The topological polar surface area (TPSA) is 50.7 Å². The third-order valence-corrected chi connectivity index (χ3v) is 3.11. The van der Waals surface area contributed by atoms with Gasteiger partial charge in [0.15, 0.2) is 0 Å². The van der Waals surface area contributed by atoms with Crippen LogP contribution in [0.5, 0.6) is 5.75 Å². The van der Waals surface area contributed by atoms with Crippen molar-refractivity contribution < 1.29 is 22.7 Å². The number of hydrazone groups is 1. The van der Waals surface area contributed by atoms with Gasteiger partial charge in [-0.15, -0.1) is 0 Å². The zero-order chi connectivity index (χ0) is 18.4. The lowest BCUT2D eigenvalue weighted by Crippen LogP contribution is -2.17. The van der Waals surface area contributed by atoms with Crippen LogP contribution in [0.1, 0.15) is 35.3 Å². The number of carbonyl (C=O) groups excluding carboxylic acids is 1. The minimum atomic E-state index is -4.38. The number of halogens is 3. The highest BCUT2D eigenvalue weighted by molar-refractivity contribution is 5.95. The van der Waals surface area contributed by atoms with E-state index in [-0.39, 0.29) is 6.10 Å². The molecule has 25 heavy (non-hydrogen) atoms. The van der Waals surface area contributed by atoms with Crippen molar-refractivity contribution in [1.82, 2.24) is 5.43 Å². The van der Waals surface area contributed by atoms with Gasteiger partial charge >= 0.3 is 6.18 Å². The van der Waals surface area contributed by atoms with Gasteiger partial charge in [-0.25, -0.2) is 5.43 Å². The molecule has 7 heteroatoms. The maximum Gasteiger partial charge on any atom is 0.416 e. The highest BCUT2D eigenvalue weighted by Crippen LogP contribution is 2.28. The molecule has 1 N–H and O–H groups in total. The van der Waals surface area contributed by atoms with Gasteiger partial charge in [-0.2, -0.15) is 18.3 Å². The van der Waals surface area contributed by atoms with Crippen molar-refractivity contribution in [2.24, 2.45) is 5.10 Å². The summed E-state index contributed by atoms with van der Waals surface area (Å²) in [5, 5.41) is 3.74. The van der Waals surface area contributed by atoms with E-state index >= 15 is 0 Å². The van der Waals surface area contributed by atoms with E-state index in [1.807, 2.05) is 13.8 Å². The van der Waals surface area contributed by atoms with Crippen LogP contribution in [-0.4, -0.2) is 18.2 Å². The Morgan fingerprint density at radius 1 is 1.08 bits per heavy atom. The lowest BCUT2D eigenvalue weighted by molar-refractivity contribution is -0.137. The number of alkyl halides is 3. The molecular weight excluding hydrogens is 333 g/mol. The summed E-state index contributed by atoms with van der Waals surface area (Å²) in [4.78, 5) is 11.9. The molecule has 0 saturated heterocycles. The van der Waals surface area contributed by atoms with Crippen LogP contribution >= 0.6 is 0 Å². The van der Waals surface area contributed by atoms with E-state index in [1.54, 1.807) is 24.3 Å². The van der Waals surface area contributed by atoms with Crippen LogP contribution in [0.3, 0.4) is 0 Å². The maximum absolute atomic E-state index is 12.5. The Morgan fingerprint density at radius 3 is 2.20 bits per heavy atom. The maximum atomic E-state index is 12.5. The number of carbonyl (C=O) groups is 1. The number of hydrogen-bond acceptors (Lipinski definition) is 3. The van der Waals surface area contributed by atoms with E-state index in [0.717, 1.165) is 12.1 Å². The number of benzene rings is 2. The molecule has 0 radical (unpaired) electrons. The predicted molar refractivity (Wildman–Crippen MR) is 88.7 cm³/mol. The van der Waals surface area contributed by atoms with Gasteiger partial charge in [0.2, 0.25) is 0 Å². The Hall–Kier alpha value is -2.83. The highest BCUT2D eigenvalue weighted by Gasteiger charge is 2.29. The molecule has 1 amide bonds. The van der Waals surface area contributed by atoms with E-state index in [4.69, 9.17) is 4.74 Å². The fourth-order valence-electron chi connectivity index (χ4n) is 1.95. The van der Waals surface area contributed by atoms with Crippen LogP contribution in [0, 0.1) is 0 Å². The second kappa shape index (κ2) is 7.83. The Labute approximate surface area is 143 Å². The van der Waals surface area contributed by atoms with Gasteiger partial charge < -0.3 is 4.74 Å².